The van der Waals surface area contributed by atoms with Crippen LogP contribution < -0.4 is 4.90 Å². The van der Waals surface area contributed by atoms with Gasteiger partial charge >= 0.3 is 0 Å². The number of amides is 1. The molecule has 7 heteroatoms. The van der Waals surface area contributed by atoms with Crippen LogP contribution in [-0.2, 0) is 4.74 Å². The number of aryl methyl sites for hydroxylation is 1. The van der Waals surface area contributed by atoms with E-state index >= 15 is 0 Å². The molecule has 2 aromatic rings. The van der Waals surface area contributed by atoms with Gasteiger partial charge in [0.25, 0.3) is 5.91 Å². The lowest BCUT2D eigenvalue weighted by atomic mass is 9.87. The lowest BCUT2D eigenvalue weighted by molar-refractivity contribution is -0.0389. The molecule has 1 spiro atoms. The summed E-state index contributed by atoms with van der Waals surface area (Å²) in [7, 11) is 2.02. The number of hydrogen-bond donors (Lipinski definition) is 0. The van der Waals surface area contributed by atoms with Gasteiger partial charge in [0.05, 0.1) is 30.1 Å². The van der Waals surface area contributed by atoms with Crippen molar-refractivity contribution >= 4 is 11.6 Å². The molecule has 0 bridgehead atoms. The molecule has 2 fully saturated rings. The van der Waals surface area contributed by atoms with Gasteiger partial charge in [-0.25, -0.2) is 9.37 Å². The fourth-order valence-corrected chi connectivity index (χ4v) is 4.09. The van der Waals surface area contributed by atoms with E-state index in [9.17, 15) is 9.18 Å². The highest BCUT2D eigenvalue weighted by molar-refractivity contribution is 5.92. The van der Waals surface area contributed by atoms with Crippen LogP contribution in [0.15, 0.2) is 36.7 Å². The summed E-state index contributed by atoms with van der Waals surface area (Å²) in [4.78, 5) is 25.0. The van der Waals surface area contributed by atoms with Crippen LogP contribution in [0.2, 0.25) is 0 Å². The van der Waals surface area contributed by atoms with Gasteiger partial charge in [0.2, 0.25) is 0 Å². The van der Waals surface area contributed by atoms with Crippen molar-refractivity contribution in [3.63, 3.8) is 0 Å². The molecule has 2 saturated heterocycles. The molecule has 6 nitrogen and oxygen atoms in total. The van der Waals surface area contributed by atoms with E-state index in [1.165, 1.54) is 12.1 Å². The maximum atomic E-state index is 13.2. The van der Waals surface area contributed by atoms with Gasteiger partial charge in [0, 0.05) is 32.0 Å². The third-order valence-electron chi connectivity index (χ3n) is 5.93. The molecule has 0 N–H and O–H groups in total. The minimum atomic E-state index is -0.230. The number of likely N-dealkylation sites (tertiary alicyclic amines) is 1. The number of aromatic nitrogens is 2. The van der Waals surface area contributed by atoms with Crippen LogP contribution in [-0.4, -0.2) is 59.2 Å². The van der Waals surface area contributed by atoms with Crippen LogP contribution in [0.3, 0.4) is 0 Å². The number of nitrogens with zero attached hydrogens (tertiary/aromatic N) is 4. The Hall–Kier alpha value is -2.54. The number of halogens is 1. The van der Waals surface area contributed by atoms with E-state index in [-0.39, 0.29) is 23.4 Å². The summed E-state index contributed by atoms with van der Waals surface area (Å²) in [6.07, 6.45) is 5.70. The Bertz CT molecular complexity index is 832. The molecule has 4 rings (SSSR count). The predicted molar refractivity (Wildman–Crippen MR) is 104 cm³/mol. The van der Waals surface area contributed by atoms with Crippen molar-refractivity contribution < 1.29 is 13.9 Å². The quantitative estimate of drug-likeness (QED) is 0.815. The van der Waals surface area contributed by atoms with Crippen molar-refractivity contribution in [1.82, 2.24) is 14.9 Å². The first-order valence-corrected chi connectivity index (χ1v) is 9.66. The third kappa shape index (κ3) is 3.71. The van der Waals surface area contributed by atoms with Crippen LogP contribution >= 0.6 is 0 Å². The number of rotatable bonds is 3. The molecule has 148 valence electrons. The van der Waals surface area contributed by atoms with Gasteiger partial charge in [-0.05, 0) is 50.5 Å². The summed E-state index contributed by atoms with van der Waals surface area (Å²) in [6.45, 7) is 3.80. The monoisotopic (exact) mass is 384 g/mol. The van der Waals surface area contributed by atoms with Crippen LogP contribution in [0.5, 0.6) is 0 Å². The van der Waals surface area contributed by atoms with Gasteiger partial charge < -0.3 is 14.5 Å². The number of benzene rings is 1. The third-order valence-corrected chi connectivity index (χ3v) is 5.93. The molecule has 0 radical (unpaired) electrons. The summed E-state index contributed by atoms with van der Waals surface area (Å²) >= 11 is 0. The van der Waals surface area contributed by atoms with E-state index in [1.807, 2.05) is 18.9 Å². The summed E-state index contributed by atoms with van der Waals surface area (Å²) in [5, 5.41) is 0. The molecular weight excluding hydrogens is 359 g/mol. The zero-order valence-corrected chi connectivity index (χ0v) is 16.3. The Labute approximate surface area is 164 Å². The lowest BCUT2D eigenvalue weighted by Gasteiger charge is -2.38. The Balaban J connectivity index is 1.36. The fraction of sp³-hybridized carbons (Fsp3) is 0.476. The van der Waals surface area contributed by atoms with E-state index in [1.54, 1.807) is 24.5 Å². The molecule has 1 atom stereocenters. The summed E-state index contributed by atoms with van der Waals surface area (Å²) in [6, 6.07) is 6.80. The van der Waals surface area contributed by atoms with Crippen molar-refractivity contribution in [1.29, 1.82) is 0 Å². The van der Waals surface area contributed by atoms with Gasteiger partial charge in [0.1, 0.15) is 11.5 Å². The molecular formula is C21H25FN4O2. The predicted octanol–water partition coefficient (Wildman–Crippen LogP) is 2.82. The molecule has 0 unspecified atom stereocenters. The fourth-order valence-electron chi connectivity index (χ4n) is 4.09. The lowest BCUT2D eigenvalue weighted by Crippen LogP contribution is -2.47. The normalized spacial score (nSPS) is 21.1. The van der Waals surface area contributed by atoms with E-state index < -0.39 is 0 Å². The molecule has 1 aromatic carbocycles. The molecule has 2 aliphatic heterocycles. The van der Waals surface area contributed by atoms with Crippen molar-refractivity contribution in [2.45, 2.75) is 37.8 Å². The van der Waals surface area contributed by atoms with Crippen LogP contribution in [0.4, 0.5) is 10.1 Å². The first-order chi connectivity index (χ1) is 13.5. The smallest absolute Gasteiger partial charge is 0.274 e. The molecule has 3 heterocycles. The molecule has 0 saturated carbocycles. The molecule has 2 aliphatic rings. The van der Waals surface area contributed by atoms with Crippen LogP contribution in [0, 0.1) is 12.7 Å². The highest BCUT2D eigenvalue weighted by Crippen LogP contribution is 2.38. The first kappa shape index (κ1) is 18.8. The van der Waals surface area contributed by atoms with Crippen LogP contribution in [0.25, 0.3) is 0 Å². The number of piperidine rings is 1. The second-order valence-corrected chi connectivity index (χ2v) is 7.77. The van der Waals surface area contributed by atoms with Gasteiger partial charge in [0.15, 0.2) is 0 Å². The highest BCUT2D eigenvalue weighted by Gasteiger charge is 2.44. The largest absolute Gasteiger partial charge is 0.373 e. The van der Waals surface area contributed by atoms with E-state index in [0.717, 1.165) is 30.6 Å². The number of likely N-dealkylation sites (N-methyl/N-ethyl adjacent to an activating group) is 1. The Kier molecular flexibility index (Phi) is 5.02. The Morgan fingerprint density at radius 1 is 1.21 bits per heavy atom. The minimum absolute atomic E-state index is 0.0691. The Morgan fingerprint density at radius 2 is 1.93 bits per heavy atom. The highest BCUT2D eigenvalue weighted by atomic mass is 19.1. The Morgan fingerprint density at radius 3 is 2.57 bits per heavy atom. The molecule has 28 heavy (non-hydrogen) atoms. The number of ether oxygens (including phenoxy) is 1. The van der Waals surface area contributed by atoms with Crippen molar-refractivity contribution in [3.8, 4) is 0 Å². The van der Waals surface area contributed by atoms with Crippen LogP contribution in [0.1, 0.15) is 35.4 Å². The number of anilines is 1. The van der Waals surface area contributed by atoms with Gasteiger partial charge in [-0.3, -0.25) is 9.78 Å². The first-order valence-electron chi connectivity index (χ1n) is 9.66. The molecule has 1 aromatic heterocycles. The number of carbonyl (C=O) groups is 1. The number of carbonyl (C=O) groups excluding carboxylic acids is 1. The zero-order chi connectivity index (χ0) is 19.7. The van der Waals surface area contributed by atoms with Crippen molar-refractivity contribution in [2.75, 3.05) is 31.6 Å². The molecule has 0 aliphatic carbocycles. The summed E-state index contributed by atoms with van der Waals surface area (Å²) in [5.74, 6) is -0.299. The maximum Gasteiger partial charge on any atom is 0.274 e. The van der Waals surface area contributed by atoms with Crippen molar-refractivity contribution in [2.24, 2.45) is 0 Å². The SMILES string of the molecule is Cc1cnc(C(=O)N2CCC3(CC2)C[C@@H](N(C)c2ccc(F)cc2)CO3)cn1. The van der Waals surface area contributed by atoms with Gasteiger partial charge in [-0.2, -0.15) is 0 Å². The van der Waals surface area contributed by atoms with Crippen molar-refractivity contribution in [3.05, 3.63) is 53.9 Å². The average molecular weight is 384 g/mol. The minimum Gasteiger partial charge on any atom is -0.373 e. The van der Waals surface area contributed by atoms with Gasteiger partial charge in [-0.15, -0.1) is 0 Å². The second-order valence-electron chi connectivity index (χ2n) is 7.77. The van der Waals surface area contributed by atoms with Gasteiger partial charge in [-0.1, -0.05) is 0 Å². The second kappa shape index (κ2) is 7.47. The number of hydrogen-bond acceptors (Lipinski definition) is 5. The average Bonchev–Trinajstić information content (AvgIpc) is 3.12. The topological polar surface area (TPSA) is 58.6 Å². The summed E-state index contributed by atoms with van der Waals surface area (Å²) < 4.78 is 19.4. The maximum absolute atomic E-state index is 13.2. The molecule has 1 amide bonds. The summed E-state index contributed by atoms with van der Waals surface area (Å²) in [5.41, 5.74) is 1.99. The van der Waals surface area contributed by atoms with E-state index in [4.69, 9.17) is 4.74 Å². The van der Waals surface area contributed by atoms with E-state index in [2.05, 4.69) is 14.9 Å². The van der Waals surface area contributed by atoms with E-state index in [0.29, 0.717) is 25.4 Å². The zero-order valence-electron chi connectivity index (χ0n) is 16.3. The standard InChI is InChI=1S/C21H25FN4O2/c1-15-12-24-19(13-23-15)20(27)26-9-7-21(8-10-26)11-18(14-28-21)25(2)17-5-3-16(22)4-6-17/h3-6,12-13,18H,7-11,14H2,1-2H3/t18-/m1/s1.